The van der Waals surface area contributed by atoms with Crippen LogP contribution in [0.15, 0.2) is 24.5 Å². The van der Waals surface area contributed by atoms with Crippen LogP contribution in [0.2, 0.25) is 0 Å². The maximum atomic E-state index is 10.8. The molecule has 1 aromatic rings. The van der Waals surface area contributed by atoms with E-state index >= 15 is 0 Å². The highest BCUT2D eigenvalue weighted by molar-refractivity contribution is 5.66. The zero-order valence-electron chi connectivity index (χ0n) is 9.56. The van der Waals surface area contributed by atoms with Gasteiger partial charge >= 0.3 is 5.97 Å². The summed E-state index contributed by atoms with van der Waals surface area (Å²) < 4.78 is 5.22. The van der Waals surface area contributed by atoms with Crippen LogP contribution in [0.1, 0.15) is 44.1 Å². The van der Waals surface area contributed by atoms with Crippen molar-refractivity contribution in [2.75, 3.05) is 0 Å². The van der Waals surface area contributed by atoms with E-state index in [-0.39, 0.29) is 12.1 Å². The Morgan fingerprint density at radius 2 is 2.12 bits per heavy atom. The van der Waals surface area contributed by atoms with Crippen LogP contribution in [0.5, 0.6) is 0 Å². The molecular formula is C13H17NO2. The fourth-order valence-corrected chi connectivity index (χ4v) is 2.37. The molecule has 3 heteroatoms. The van der Waals surface area contributed by atoms with Gasteiger partial charge in [-0.05, 0) is 43.2 Å². The fraction of sp³-hybridized carbons (Fsp3) is 0.538. The molecule has 0 aromatic carbocycles. The monoisotopic (exact) mass is 219 g/mol. The third kappa shape index (κ3) is 2.81. The molecule has 0 spiro atoms. The average Bonchev–Trinajstić information content (AvgIpc) is 2.30. The van der Waals surface area contributed by atoms with Gasteiger partial charge in [-0.2, -0.15) is 0 Å². The number of hydrogen-bond acceptors (Lipinski definition) is 3. The maximum absolute atomic E-state index is 10.8. The van der Waals surface area contributed by atoms with E-state index < -0.39 is 0 Å². The van der Waals surface area contributed by atoms with E-state index in [9.17, 15) is 4.79 Å². The van der Waals surface area contributed by atoms with Crippen LogP contribution in [-0.2, 0) is 9.53 Å². The lowest BCUT2D eigenvalue weighted by molar-refractivity contribution is -0.147. The van der Waals surface area contributed by atoms with Gasteiger partial charge in [0.15, 0.2) is 0 Å². The second kappa shape index (κ2) is 5.10. The second-order valence-electron chi connectivity index (χ2n) is 4.37. The molecule has 1 aliphatic rings. The molecule has 1 aromatic heterocycles. The number of nitrogens with zero attached hydrogens (tertiary/aromatic N) is 1. The summed E-state index contributed by atoms with van der Waals surface area (Å²) in [4.78, 5) is 15.0. The Bertz CT molecular complexity index is 342. The van der Waals surface area contributed by atoms with Gasteiger partial charge in [0, 0.05) is 19.3 Å². The van der Waals surface area contributed by atoms with Crippen LogP contribution in [0.4, 0.5) is 0 Å². The maximum Gasteiger partial charge on any atom is 0.302 e. The van der Waals surface area contributed by atoms with E-state index in [0.717, 1.165) is 25.7 Å². The van der Waals surface area contributed by atoms with Crippen LogP contribution in [0.3, 0.4) is 0 Å². The first kappa shape index (κ1) is 11.1. The van der Waals surface area contributed by atoms with Gasteiger partial charge < -0.3 is 4.74 Å². The van der Waals surface area contributed by atoms with Crippen molar-refractivity contribution in [1.29, 1.82) is 0 Å². The Morgan fingerprint density at radius 3 is 2.69 bits per heavy atom. The van der Waals surface area contributed by atoms with Crippen molar-refractivity contribution in [2.24, 2.45) is 0 Å². The van der Waals surface area contributed by atoms with Gasteiger partial charge in [0.25, 0.3) is 0 Å². The van der Waals surface area contributed by atoms with Crippen LogP contribution in [0, 0.1) is 0 Å². The van der Waals surface area contributed by atoms with Crippen molar-refractivity contribution >= 4 is 5.97 Å². The Labute approximate surface area is 95.8 Å². The van der Waals surface area contributed by atoms with Gasteiger partial charge in [0.2, 0.25) is 0 Å². The molecule has 16 heavy (non-hydrogen) atoms. The largest absolute Gasteiger partial charge is 0.463 e. The first-order valence-electron chi connectivity index (χ1n) is 5.83. The van der Waals surface area contributed by atoms with Gasteiger partial charge in [-0.15, -0.1) is 0 Å². The van der Waals surface area contributed by atoms with E-state index in [1.54, 1.807) is 6.20 Å². The minimum absolute atomic E-state index is 0.130. The molecule has 0 N–H and O–H groups in total. The quantitative estimate of drug-likeness (QED) is 0.718. The molecule has 0 aliphatic heterocycles. The Kier molecular flexibility index (Phi) is 3.54. The number of carbonyl (C=O) groups is 1. The minimum Gasteiger partial charge on any atom is -0.463 e. The molecule has 1 saturated carbocycles. The number of pyridine rings is 1. The predicted molar refractivity (Wildman–Crippen MR) is 61.0 cm³/mol. The molecule has 86 valence electrons. The highest BCUT2D eigenvalue weighted by Crippen LogP contribution is 2.33. The number of ether oxygens (including phenoxy) is 1. The molecule has 3 nitrogen and oxygen atoms in total. The molecule has 2 rings (SSSR count). The molecule has 0 saturated heterocycles. The molecule has 0 amide bonds. The minimum atomic E-state index is -0.162. The fourth-order valence-electron chi connectivity index (χ4n) is 2.37. The Balaban J connectivity index is 1.88. The van der Waals surface area contributed by atoms with Gasteiger partial charge in [-0.1, -0.05) is 6.07 Å². The third-order valence-corrected chi connectivity index (χ3v) is 3.16. The van der Waals surface area contributed by atoms with Crippen LogP contribution in [0.25, 0.3) is 0 Å². The molecule has 0 atom stereocenters. The van der Waals surface area contributed by atoms with Crippen molar-refractivity contribution in [1.82, 2.24) is 4.98 Å². The Hall–Kier alpha value is -1.38. The summed E-state index contributed by atoms with van der Waals surface area (Å²) in [7, 11) is 0. The van der Waals surface area contributed by atoms with Gasteiger partial charge in [0.1, 0.15) is 6.10 Å². The lowest BCUT2D eigenvalue weighted by atomic mass is 9.83. The topological polar surface area (TPSA) is 39.2 Å². The molecule has 1 fully saturated rings. The molecule has 0 bridgehead atoms. The number of carbonyl (C=O) groups excluding carboxylic acids is 1. The van der Waals surface area contributed by atoms with Crippen LogP contribution >= 0.6 is 0 Å². The van der Waals surface area contributed by atoms with Crippen molar-refractivity contribution in [3.8, 4) is 0 Å². The predicted octanol–water partition coefficient (Wildman–Crippen LogP) is 2.67. The van der Waals surface area contributed by atoms with Crippen molar-refractivity contribution in [3.05, 3.63) is 30.1 Å². The first-order valence-corrected chi connectivity index (χ1v) is 5.83. The van der Waals surface area contributed by atoms with Crippen molar-refractivity contribution in [3.63, 3.8) is 0 Å². The number of hydrogen-bond donors (Lipinski definition) is 0. The van der Waals surface area contributed by atoms with E-state index in [2.05, 4.69) is 11.1 Å². The summed E-state index contributed by atoms with van der Waals surface area (Å²) in [6, 6.07) is 4.11. The normalized spacial score (nSPS) is 25.1. The zero-order chi connectivity index (χ0) is 11.4. The van der Waals surface area contributed by atoms with E-state index in [0.29, 0.717) is 5.92 Å². The summed E-state index contributed by atoms with van der Waals surface area (Å²) in [6.45, 7) is 1.48. The van der Waals surface area contributed by atoms with E-state index in [1.165, 1.54) is 12.5 Å². The van der Waals surface area contributed by atoms with Crippen LogP contribution in [-0.4, -0.2) is 17.1 Å². The summed E-state index contributed by atoms with van der Waals surface area (Å²) in [5, 5.41) is 0. The summed E-state index contributed by atoms with van der Waals surface area (Å²) in [6.07, 6.45) is 7.99. The van der Waals surface area contributed by atoms with Crippen LogP contribution < -0.4 is 0 Å². The third-order valence-electron chi connectivity index (χ3n) is 3.16. The molecule has 0 unspecified atom stereocenters. The smallest absolute Gasteiger partial charge is 0.302 e. The highest BCUT2D eigenvalue weighted by atomic mass is 16.5. The number of rotatable bonds is 2. The summed E-state index contributed by atoms with van der Waals surface area (Å²) in [5.41, 5.74) is 1.31. The average molecular weight is 219 g/mol. The van der Waals surface area contributed by atoms with Gasteiger partial charge in [-0.25, -0.2) is 0 Å². The SMILES string of the molecule is CC(=O)OC1CCC(c2cccnc2)CC1. The Morgan fingerprint density at radius 1 is 1.38 bits per heavy atom. The summed E-state index contributed by atoms with van der Waals surface area (Å²) >= 11 is 0. The highest BCUT2D eigenvalue weighted by Gasteiger charge is 2.23. The molecule has 1 heterocycles. The second-order valence-corrected chi connectivity index (χ2v) is 4.37. The standard InChI is InChI=1S/C13H17NO2/c1-10(15)16-13-6-4-11(5-7-13)12-3-2-8-14-9-12/h2-3,8-9,11,13H,4-7H2,1H3. The van der Waals surface area contributed by atoms with E-state index in [1.807, 2.05) is 12.3 Å². The molecular weight excluding hydrogens is 202 g/mol. The molecule has 1 aliphatic carbocycles. The van der Waals surface area contributed by atoms with Gasteiger partial charge in [0.05, 0.1) is 0 Å². The lowest BCUT2D eigenvalue weighted by Gasteiger charge is -2.28. The number of esters is 1. The van der Waals surface area contributed by atoms with E-state index in [4.69, 9.17) is 4.74 Å². The zero-order valence-corrected chi connectivity index (χ0v) is 9.56. The lowest BCUT2D eigenvalue weighted by Crippen LogP contribution is -2.22. The van der Waals surface area contributed by atoms with Gasteiger partial charge in [-0.3, -0.25) is 9.78 Å². The number of aromatic nitrogens is 1. The van der Waals surface area contributed by atoms with Crippen molar-refractivity contribution < 1.29 is 9.53 Å². The van der Waals surface area contributed by atoms with Crippen molar-refractivity contribution in [2.45, 2.75) is 44.6 Å². The molecule has 0 radical (unpaired) electrons. The summed E-state index contributed by atoms with van der Waals surface area (Å²) in [5.74, 6) is 0.422. The first-order chi connectivity index (χ1) is 7.75.